The van der Waals surface area contributed by atoms with E-state index in [1.165, 1.54) is 54.7 Å². The summed E-state index contributed by atoms with van der Waals surface area (Å²) in [7, 11) is 0. The van der Waals surface area contributed by atoms with Gasteiger partial charge in [0.1, 0.15) is 17.6 Å². The van der Waals surface area contributed by atoms with Crippen LogP contribution in [-0.2, 0) is 11.0 Å². The van der Waals surface area contributed by atoms with Crippen LogP contribution in [0.15, 0.2) is 70.7 Å². The van der Waals surface area contributed by atoms with Gasteiger partial charge in [0.15, 0.2) is 0 Å². The molecular formula is C24H17F3N4O4S. The first-order valence-electron chi connectivity index (χ1n) is 10.1. The molecule has 0 aliphatic carbocycles. The van der Waals surface area contributed by atoms with Gasteiger partial charge in [-0.25, -0.2) is 5.43 Å². The van der Waals surface area contributed by atoms with Crippen LogP contribution in [-0.4, -0.2) is 34.0 Å². The number of aromatic hydroxyl groups is 2. The molecule has 0 unspecified atom stereocenters. The number of hydrazone groups is 1. The van der Waals surface area contributed by atoms with E-state index in [2.05, 4.69) is 15.8 Å². The predicted octanol–water partition coefficient (Wildman–Crippen LogP) is 4.48. The molecule has 0 atom stereocenters. The monoisotopic (exact) mass is 514 g/mol. The number of amides is 2. The van der Waals surface area contributed by atoms with Crippen LogP contribution in [0.5, 0.6) is 11.5 Å². The van der Waals surface area contributed by atoms with Crippen molar-refractivity contribution in [3.63, 3.8) is 0 Å². The first kappa shape index (κ1) is 26.1. The van der Waals surface area contributed by atoms with Crippen molar-refractivity contribution in [1.29, 1.82) is 5.26 Å². The maximum Gasteiger partial charge on any atom is 0.416 e. The number of anilines is 1. The highest BCUT2D eigenvalue weighted by atomic mass is 32.2. The number of nitriles is 1. The smallest absolute Gasteiger partial charge is 0.416 e. The van der Waals surface area contributed by atoms with Gasteiger partial charge in [-0.1, -0.05) is 0 Å². The number of phenols is 2. The van der Waals surface area contributed by atoms with Crippen LogP contribution < -0.4 is 10.7 Å². The second-order valence-corrected chi connectivity index (χ2v) is 8.22. The van der Waals surface area contributed by atoms with Gasteiger partial charge in [-0.15, -0.1) is 11.8 Å². The van der Waals surface area contributed by atoms with Crippen LogP contribution in [0.3, 0.4) is 0 Å². The summed E-state index contributed by atoms with van der Waals surface area (Å²) < 4.78 is 37.8. The van der Waals surface area contributed by atoms with Gasteiger partial charge < -0.3 is 15.5 Å². The molecule has 0 radical (unpaired) electrons. The number of halogens is 3. The number of benzene rings is 3. The van der Waals surface area contributed by atoms with Crippen molar-refractivity contribution < 1.29 is 33.0 Å². The summed E-state index contributed by atoms with van der Waals surface area (Å²) in [5.41, 5.74) is 1.99. The van der Waals surface area contributed by atoms with Gasteiger partial charge in [0.2, 0.25) is 5.91 Å². The summed E-state index contributed by atoms with van der Waals surface area (Å²) in [5, 5.41) is 34.9. The van der Waals surface area contributed by atoms with Crippen LogP contribution in [0.1, 0.15) is 27.0 Å². The Morgan fingerprint density at radius 1 is 1.03 bits per heavy atom. The molecule has 36 heavy (non-hydrogen) atoms. The molecule has 3 rings (SSSR count). The Balaban J connectivity index is 1.53. The maximum absolute atomic E-state index is 12.6. The molecule has 2 amide bonds. The van der Waals surface area contributed by atoms with Crippen LogP contribution in [0.2, 0.25) is 0 Å². The molecule has 0 bridgehead atoms. The molecule has 0 saturated heterocycles. The Kier molecular flexibility index (Phi) is 8.18. The summed E-state index contributed by atoms with van der Waals surface area (Å²) in [6, 6.07) is 14.1. The highest BCUT2D eigenvalue weighted by Crippen LogP contribution is 2.31. The van der Waals surface area contributed by atoms with Crippen LogP contribution in [0.25, 0.3) is 0 Å². The molecule has 8 nitrogen and oxygen atoms in total. The fourth-order valence-corrected chi connectivity index (χ4v) is 3.51. The van der Waals surface area contributed by atoms with Gasteiger partial charge in [-0.05, 0) is 54.6 Å². The Morgan fingerprint density at radius 2 is 1.75 bits per heavy atom. The van der Waals surface area contributed by atoms with Gasteiger partial charge in [0.25, 0.3) is 5.91 Å². The number of alkyl halides is 3. The predicted molar refractivity (Wildman–Crippen MR) is 127 cm³/mol. The zero-order valence-electron chi connectivity index (χ0n) is 18.2. The Bertz CT molecular complexity index is 1350. The van der Waals surface area contributed by atoms with Crippen molar-refractivity contribution in [2.75, 3.05) is 11.1 Å². The standard InChI is InChI=1S/C24H17F3N4O4S/c25-24(26,27)17-3-6-19(7-4-17)36-13-22(34)30-18-5-1-15(21(33)10-18)12-29-31-23(35)14-2-8-20(32)16(9-14)11-28/h1-10,12,32-33H,13H2,(H,30,34)(H,31,35)/b29-12+. The molecule has 12 heteroatoms. The third-order valence-corrected chi connectivity index (χ3v) is 5.63. The molecule has 184 valence electrons. The largest absolute Gasteiger partial charge is 0.507 e. The zero-order valence-corrected chi connectivity index (χ0v) is 19.0. The van der Waals surface area contributed by atoms with E-state index in [1.807, 2.05) is 0 Å². The molecule has 3 aromatic carbocycles. The number of hydrogen-bond acceptors (Lipinski definition) is 7. The van der Waals surface area contributed by atoms with Gasteiger partial charge in [0, 0.05) is 27.8 Å². The Hall–Kier alpha value is -4.50. The number of hydrogen-bond donors (Lipinski definition) is 4. The minimum atomic E-state index is -4.43. The molecule has 4 N–H and O–H groups in total. The quantitative estimate of drug-likeness (QED) is 0.209. The summed E-state index contributed by atoms with van der Waals surface area (Å²) in [6.07, 6.45) is -3.26. The summed E-state index contributed by atoms with van der Waals surface area (Å²) in [6.45, 7) is 0. The summed E-state index contributed by atoms with van der Waals surface area (Å²) >= 11 is 1.05. The van der Waals surface area contributed by atoms with E-state index in [1.54, 1.807) is 6.07 Å². The maximum atomic E-state index is 12.6. The van der Waals surface area contributed by atoms with Gasteiger partial charge in [0.05, 0.1) is 23.1 Å². The van der Waals surface area contributed by atoms with E-state index in [4.69, 9.17) is 5.26 Å². The SMILES string of the molecule is N#Cc1cc(C(=O)N/N=C/c2ccc(NC(=O)CSc3ccc(C(F)(F)F)cc3)cc2O)ccc1O. The van der Waals surface area contributed by atoms with E-state index < -0.39 is 23.6 Å². The number of nitrogens with one attached hydrogen (secondary N) is 2. The van der Waals surface area contributed by atoms with E-state index >= 15 is 0 Å². The molecule has 0 heterocycles. The average molecular weight is 514 g/mol. The fraction of sp³-hybridized carbons (Fsp3) is 0.0833. The Labute approximate surface area is 207 Å². The molecular weight excluding hydrogens is 497 g/mol. The Morgan fingerprint density at radius 3 is 2.39 bits per heavy atom. The van der Waals surface area contributed by atoms with E-state index in [0.717, 1.165) is 23.9 Å². The van der Waals surface area contributed by atoms with Crippen LogP contribution >= 0.6 is 11.8 Å². The van der Waals surface area contributed by atoms with Crippen molar-refractivity contribution in [2.45, 2.75) is 11.1 Å². The normalized spacial score (nSPS) is 11.2. The number of carbonyl (C=O) groups is 2. The first-order valence-corrected chi connectivity index (χ1v) is 11.0. The highest BCUT2D eigenvalue weighted by molar-refractivity contribution is 8.00. The number of rotatable bonds is 7. The third kappa shape index (κ3) is 7.00. The molecule has 0 saturated carbocycles. The minimum Gasteiger partial charge on any atom is -0.507 e. The zero-order chi connectivity index (χ0) is 26.3. The van der Waals surface area contributed by atoms with Gasteiger partial charge >= 0.3 is 6.18 Å². The first-order chi connectivity index (χ1) is 17.1. The minimum absolute atomic E-state index is 0.0633. The van der Waals surface area contributed by atoms with Crippen molar-refractivity contribution in [3.05, 3.63) is 82.9 Å². The number of carbonyl (C=O) groups excluding carboxylic acids is 2. The average Bonchev–Trinajstić information content (AvgIpc) is 2.84. The van der Waals surface area contributed by atoms with Crippen molar-refractivity contribution >= 4 is 35.5 Å². The van der Waals surface area contributed by atoms with Gasteiger partial charge in [-0.2, -0.15) is 23.5 Å². The molecule has 3 aromatic rings. The van der Waals surface area contributed by atoms with Crippen molar-refractivity contribution in [3.8, 4) is 17.6 Å². The summed E-state index contributed by atoms with van der Waals surface area (Å²) in [5.74, 6) is -1.63. The van der Waals surface area contributed by atoms with Crippen LogP contribution in [0, 0.1) is 11.3 Å². The molecule has 0 fully saturated rings. The molecule has 0 aliphatic heterocycles. The van der Waals surface area contributed by atoms with E-state index in [-0.39, 0.29) is 39.6 Å². The number of thioether (sulfide) groups is 1. The molecule has 0 aliphatic rings. The summed E-state index contributed by atoms with van der Waals surface area (Å²) in [4.78, 5) is 24.8. The number of phenolic OH excluding ortho intramolecular Hbond substituents is 2. The lowest BCUT2D eigenvalue weighted by Gasteiger charge is -2.09. The van der Waals surface area contributed by atoms with E-state index in [9.17, 15) is 33.0 Å². The van der Waals surface area contributed by atoms with Crippen LogP contribution in [0.4, 0.5) is 18.9 Å². The fourth-order valence-electron chi connectivity index (χ4n) is 2.81. The number of nitrogens with zero attached hydrogens (tertiary/aromatic N) is 2. The lowest BCUT2D eigenvalue weighted by Crippen LogP contribution is -2.17. The van der Waals surface area contributed by atoms with Crippen molar-refractivity contribution in [2.24, 2.45) is 5.10 Å². The highest BCUT2D eigenvalue weighted by Gasteiger charge is 2.29. The second-order valence-electron chi connectivity index (χ2n) is 7.18. The lowest BCUT2D eigenvalue weighted by molar-refractivity contribution is -0.137. The van der Waals surface area contributed by atoms with Crippen molar-refractivity contribution in [1.82, 2.24) is 5.43 Å². The second kappa shape index (κ2) is 11.3. The van der Waals surface area contributed by atoms with E-state index in [0.29, 0.717) is 4.90 Å². The molecule has 0 spiro atoms. The van der Waals surface area contributed by atoms with Gasteiger partial charge in [-0.3, -0.25) is 9.59 Å². The lowest BCUT2D eigenvalue weighted by atomic mass is 10.1. The topological polar surface area (TPSA) is 135 Å². The third-order valence-electron chi connectivity index (χ3n) is 4.61. The molecule has 0 aromatic heterocycles.